The van der Waals surface area contributed by atoms with Crippen molar-refractivity contribution in [2.24, 2.45) is 28.2 Å². The van der Waals surface area contributed by atoms with E-state index >= 15 is 0 Å². The number of hydrogen-bond donors (Lipinski definition) is 2. The first kappa shape index (κ1) is 19.1. The number of guanidine groups is 1. The number of rotatable bonds is 5. The van der Waals surface area contributed by atoms with Gasteiger partial charge in [-0.3, -0.25) is 10.3 Å². The molecule has 4 saturated carbocycles. The molecule has 0 saturated heterocycles. The normalized spacial score (nSPS) is 30.9. The van der Waals surface area contributed by atoms with Gasteiger partial charge in [0.1, 0.15) is 0 Å². The van der Waals surface area contributed by atoms with Crippen LogP contribution in [0.2, 0.25) is 0 Å². The van der Waals surface area contributed by atoms with Crippen molar-refractivity contribution in [1.29, 1.82) is 5.26 Å². The van der Waals surface area contributed by atoms with E-state index in [4.69, 9.17) is 4.99 Å². The van der Waals surface area contributed by atoms with Crippen molar-refractivity contribution in [2.75, 3.05) is 11.9 Å². The minimum Gasteiger partial charge on any atom is -0.326 e. The maximum Gasteiger partial charge on any atom is 0.209 e. The maximum absolute atomic E-state index is 9.19. The Bertz CT molecular complexity index is 779. The molecule has 28 heavy (non-hydrogen) atoms. The molecule has 148 valence electrons. The lowest BCUT2D eigenvalue weighted by Gasteiger charge is -2.56. The molecule has 4 heteroatoms. The zero-order valence-electron chi connectivity index (χ0n) is 17.2. The van der Waals surface area contributed by atoms with Crippen molar-refractivity contribution >= 4 is 17.7 Å². The van der Waals surface area contributed by atoms with Crippen molar-refractivity contribution < 1.29 is 0 Å². The molecule has 1 aromatic rings. The summed E-state index contributed by atoms with van der Waals surface area (Å²) >= 11 is 0. The van der Waals surface area contributed by atoms with Gasteiger partial charge in [0.05, 0.1) is 0 Å². The highest BCUT2D eigenvalue weighted by molar-refractivity contribution is 5.94. The summed E-state index contributed by atoms with van der Waals surface area (Å²) < 4.78 is 0. The van der Waals surface area contributed by atoms with Gasteiger partial charge in [-0.1, -0.05) is 32.6 Å². The average molecular weight is 377 g/mol. The second-order valence-corrected chi connectivity index (χ2v) is 9.65. The summed E-state index contributed by atoms with van der Waals surface area (Å²) in [7, 11) is 0. The van der Waals surface area contributed by atoms with E-state index in [9.17, 15) is 5.26 Å². The smallest absolute Gasteiger partial charge is 0.209 e. The molecule has 2 N–H and O–H groups in total. The zero-order chi connectivity index (χ0) is 19.7. The first-order chi connectivity index (χ1) is 13.5. The first-order valence-electron chi connectivity index (χ1n) is 10.7. The Balaban J connectivity index is 1.50. The van der Waals surface area contributed by atoms with Gasteiger partial charge in [-0.2, -0.15) is 5.26 Å². The Hall–Kier alpha value is -2.28. The summed E-state index contributed by atoms with van der Waals surface area (Å²) in [5, 5.41) is 15.3. The Labute approximate surface area is 169 Å². The number of nitriles is 1. The maximum atomic E-state index is 9.19. The van der Waals surface area contributed by atoms with Gasteiger partial charge in [0, 0.05) is 12.2 Å². The minimum atomic E-state index is 0.368. The molecule has 0 atom stereocenters. The number of aliphatic imine (C=N–C) groups is 1. The van der Waals surface area contributed by atoms with Gasteiger partial charge in [0.25, 0.3) is 0 Å². The van der Waals surface area contributed by atoms with E-state index in [0.717, 1.165) is 35.5 Å². The molecule has 0 aliphatic heterocycles. The molecule has 0 heterocycles. The lowest BCUT2D eigenvalue weighted by molar-refractivity contribution is -0.0465. The Morgan fingerprint density at radius 1 is 1.25 bits per heavy atom. The molecule has 0 unspecified atom stereocenters. The van der Waals surface area contributed by atoms with Crippen LogP contribution in [-0.4, -0.2) is 12.5 Å². The van der Waals surface area contributed by atoms with Gasteiger partial charge < -0.3 is 5.32 Å². The molecule has 0 spiro atoms. The van der Waals surface area contributed by atoms with Crippen LogP contribution in [0.25, 0.3) is 6.08 Å². The van der Waals surface area contributed by atoms with Crippen LogP contribution < -0.4 is 10.6 Å². The van der Waals surface area contributed by atoms with E-state index in [0.29, 0.717) is 17.3 Å². The fraction of sp³-hybridized carbons (Fsp3) is 0.583. The van der Waals surface area contributed by atoms with Crippen LogP contribution in [0.4, 0.5) is 5.69 Å². The predicted octanol–water partition coefficient (Wildman–Crippen LogP) is 5.51. The molecular weight excluding hydrogens is 344 g/mol. The van der Waals surface area contributed by atoms with Crippen molar-refractivity contribution in [3.05, 3.63) is 35.9 Å². The number of nitrogens with one attached hydrogen (secondary N) is 2. The molecular formula is C24H32N4. The van der Waals surface area contributed by atoms with Crippen LogP contribution in [0.15, 0.2) is 29.8 Å². The molecule has 4 fully saturated rings. The fourth-order valence-corrected chi connectivity index (χ4v) is 6.39. The van der Waals surface area contributed by atoms with Crippen LogP contribution in [0.5, 0.6) is 0 Å². The molecule has 4 bridgehead atoms. The summed E-state index contributed by atoms with van der Waals surface area (Å²) in [5.74, 6) is 3.76. The summed E-state index contributed by atoms with van der Waals surface area (Å²) in [6, 6.07) is 6.27. The van der Waals surface area contributed by atoms with E-state index in [1.807, 2.05) is 12.3 Å². The third-order valence-electron chi connectivity index (χ3n) is 7.10. The van der Waals surface area contributed by atoms with Gasteiger partial charge in [-0.15, -0.1) is 0 Å². The molecule has 0 amide bonds. The zero-order valence-corrected chi connectivity index (χ0v) is 17.2. The number of hydrogen-bond acceptors (Lipinski definition) is 2. The Morgan fingerprint density at radius 2 is 1.89 bits per heavy atom. The third-order valence-corrected chi connectivity index (χ3v) is 7.10. The second kappa shape index (κ2) is 7.62. The molecule has 4 aliphatic rings. The van der Waals surface area contributed by atoms with Crippen molar-refractivity contribution in [2.45, 2.75) is 58.3 Å². The highest BCUT2D eigenvalue weighted by Crippen LogP contribution is 2.60. The topological polar surface area (TPSA) is 60.2 Å². The Morgan fingerprint density at radius 3 is 2.43 bits per heavy atom. The van der Waals surface area contributed by atoms with Crippen LogP contribution in [0, 0.1) is 34.6 Å². The number of anilines is 1. The van der Waals surface area contributed by atoms with Gasteiger partial charge in [0.2, 0.25) is 5.96 Å². The van der Waals surface area contributed by atoms with E-state index in [1.165, 1.54) is 44.1 Å². The quantitative estimate of drug-likeness (QED) is 0.308. The lowest BCUT2D eigenvalue weighted by atomic mass is 9.49. The first-order valence-corrected chi connectivity index (χ1v) is 10.7. The van der Waals surface area contributed by atoms with E-state index in [2.05, 4.69) is 49.3 Å². The van der Waals surface area contributed by atoms with Crippen LogP contribution in [-0.2, 0) is 0 Å². The molecule has 0 aromatic heterocycles. The SMILES string of the molecule is C=Cc1cc(NC(=NCC23CC4CC(CC(C4)C2)C3)NC#N)ccc1C(C)C. The number of benzene rings is 1. The highest BCUT2D eigenvalue weighted by atomic mass is 15.2. The van der Waals surface area contributed by atoms with Gasteiger partial charge >= 0.3 is 0 Å². The minimum absolute atomic E-state index is 0.368. The van der Waals surface area contributed by atoms with Crippen molar-refractivity contribution in [3.8, 4) is 6.19 Å². The third kappa shape index (κ3) is 3.81. The Kier molecular flexibility index (Phi) is 5.19. The second-order valence-electron chi connectivity index (χ2n) is 9.65. The molecule has 5 rings (SSSR count). The predicted molar refractivity (Wildman–Crippen MR) is 116 cm³/mol. The summed E-state index contributed by atoms with van der Waals surface area (Å²) in [6.07, 6.45) is 12.2. The monoisotopic (exact) mass is 376 g/mol. The standard InChI is InChI=1S/C24H32N4/c1-4-20-10-21(5-6-22(20)16(2)3)28-23(27-15-25)26-14-24-11-17-7-18(12-24)9-19(8-17)13-24/h4-6,10,16-19H,1,7-9,11-14H2,2-3H3,(H2,26,27,28). The summed E-state index contributed by atoms with van der Waals surface area (Å²) in [5.41, 5.74) is 3.71. The molecule has 4 nitrogen and oxygen atoms in total. The average Bonchev–Trinajstić information content (AvgIpc) is 2.65. The summed E-state index contributed by atoms with van der Waals surface area (Å²) in [6.45, 7) is 9.14. The van der Waals surface area contributed by atoms with E-state index < -0.39 is 0 Å². The van der Waals surface area contributed by atoms with E-state index in [-0.39, 0.29) is 0 Å². The fourth-order valence-electron chi connectivity index (χ4n) is 6.39. The number of nitrogens with zero attached hydrogens (tertiary/aromatic N) is 2. The lowest BCUT2D eigenvalue weighted by Crippen LogP contribution is -2.47. The summed E-state index contributed by atoms with van der Waals surface area (Å²) in [4.78, 5) is 4.86. The molecule has 0 radical (unpaired) electrons. The van der Waals surface area contributed by atoms with Crippen LogP contribution in [0.1, 0.15) is 69.4 Å². The van der Waals surface area contributed by atoms with Crippen LogP contribution in [0.3, 0.4) is 0 Å². The van der Waals surface area contributed by atoms with Crippen molar-refractivity contribution in [1.82, 2.24) is 5.32 Å². The van der Waals surface area contributed by atoms with Crippen molar-refractivity contribution in [3.63, 3.8) is 0 Å². The molecule has 1 aromatic carbocycles. The molecule has 4 aliphatic carbocycles. The van der Waals surface area contributed by atoms with Gasteiger partial charge in [-0.25, -0.2) is 0 Å². The highest BCUT2D eigenvalue weighted by Gasteiger charge is 2.50. The van der Waals surface area contributed by atoms with Gasteiger partial charge in [-0.05, 0) is 90.9 Å². The van der Waals surface area contributed by atoms with Crippen LogP contribution >= 0.6 is 0 Å². The van der Waals surface area contributed by atoms with E-state index in [1.54, 1.807) is 0 Å². The van der Waals surface area contributed by atoms with Gasteiger partial charge in [0.15, 0.2) is 6.19 Å². The largest absolute Gasteiger partial charge is 0.326 e.